The van der Waals surface area contributed by atoms with Gasteiger partial charge < -0.3 is 10.1 Å². The molecular weight excluding hydrogens is 254 g/mol. The van der Waals surface area contributed by atoms with Crippen LogP contribution in [0.2, 0.25) is 0 Å². The van der Waals surface area contributed by atoms with Crippen LogP contribution < -0.4 is 10.0 Å². The molecule has 6 nitrogen and oxygen atoms in total. The van der Waals surface area contributed by atoms with Crippen LogP contribution in [-0.2, 0) is 14.9 Å². The van der Waals surface area contributed by atoms with E-state index in [0.29, 0.717) is 19.6 Å². The lowest BCUT2D eigenvalue weighted by Gasteiger charge is -2.35. The zero-order chi connectivity index (χ0) is 13.2. The fraction of sp³-hybridized carbons (Fsp3) is 1.00. The summed E-state index contributed by atoms with van der Waals surface area (Å²) in [5.74, 6) is 0. The molecule has 2 heterocycles. The second-order valence-corrected chi connectivity index (χ2v) is 6.94. The van der Waals surface area contributed by atoms with Crippen molar-refractivity contribution >= 4 is 10.2 Å². The fourth-order valence-electron chi connectivity index (χ4n) is 2.56. The third-order valence-electron chi connectivity index (χ3n) is 3.34. The molecule has 0 bridgehead atoms. The van der Waals surface area contributed by atoms with E-state index in [0.717, 1.165) is 19.4 Å². The average Bonchev–Trinajstić information content (AvgIpc) is 2.28. The molecule has 3 atom stereocenters. The molecule has 3 unspecified atom stereocenters. The smallest absolute Gasteiger partial charge is 0.279 e. The van der Waals surface area contributed by atoms with Crippen molar-refractivity contribution in [1.29, 1.82) is 0 Å². The van der Waals surface area contributed by atoms with E-state index >= 15 is 0 Å². The summed E-state index contributed by atoms with van der Waals surface area (Å²) < 4.78 is 34.4. The molecule has 0 amide bonds. The van der Waals surface area contributed by atoms with E-state index in [1.807, 2.05) is 13.8 Å². The summed E-state index contributed by atoms with van der Waals surface area (Å²) in [7, 11) is -3.39. The van der Waals surface area contributed by atoms with Crippen LogP contribution in [-0.4, -0.2) is 57.2 Å². The number of rotatable bonds is 3. The SMILES string of the molecule is CC1CN(S(=O)(=O)NC2CCCNC2)CC(C)O1. The van der Waals surface area contributed by atoms with Gasteiger partial charge in [-0.05, 0) is 33.2 Å². The van der Waals surface area contributed by atoms with E-state index in [4.69, 9.17) is 4.74 Å². The van der Waals surface area contributed by atoms with Crippen molar-refractivity contribution in [1.82, 2.24) is 14.3 Å². The third-order valence-corrected chi connectivity index (χ3v) is 4.95. The minimum absolute atomic E-state index is 0.0113. The molecule has 0 aromatic heterocycles. The molecule has 2 N–H and O–H groups in total. The summed E-state index contributed by atoms with van der Waals surface area (Å²) in [6, 6.07) is 0.0113. The summed E-state index contributed by atoms with van der Waals surface area (Å²) >= 11 is 0. The molecule has 2 aliphatic rings. The normalized spacial score (nSPS) is 35.6. The highest BCUT2D eigenvalue weighted by Crippen LogP contribution is 2.14. The van der Waals surface area contributed by atoms with Crippen LogP contribution in [0.1, 0.15) is 26.7 Å². The zero-order valence-corrected chi connectivity index (χ0v) is 11.9. The summed E-state index contributed by atoms with van der Waals surface area (Å²) in [6.45, 7) is 6.36. The van der Waals surface area contributed by atoms with Gasteiger partial charge >= 0.3 is 0 Å². The van der Waals surface area contributed by atoms with E-state index in [-0.39, 0.29) is 18.2 Å². The molecule has 7 heteroatoms. The van der Waals surface area contributed by atoms with E-state index in [1.54, 1.807) is 0 Å². The largest absolute Gasteiger partial charge is 0.373 e. The molecule has 0 aliphatic carbocycles. The number of nitrogens with one attached hydrogen (secondary N) is 2. The van der Waals surface area contributed by atoms with Crippen LogP contribution in [0.3, 0.4) is 0 Å². The molecule has 0 radical (unpaired) electrons. The topological polar surface area (TPSA) is 70.7 Å². The highest BCUT2D eigenvalue weighted by Gasteiger charge is 2.32. The lowest BCUT2D eigenvalue weighted by molar-refractivity contribution is -0.0444. The van der Waals surface area contributed by atoms with Gasteiger partial charge in [-0.1, -0.05) is 0 Å². The van der Waals surface area contributed by atoms with Crippen LogP contribution in [0.4, 0.5) is 0 Å². The molecule has 0 saturated carbocycles. The summed E-state index contributed by atoms with van der Waals surface area (Å²) in [4.78, 5) is 0. The molecule has 0 aromatic rings. The van der Waals surface area contributed by atoms with Crippen molar-refractivity contribution in [3.8, 4) is 0 Å². The molecule has 0 spiro atoms. The summed E-state index contributed by atoms with van der Waals surface area (Å²) in [5.41, 5.74) is 0. The predicted molar refractivity (Wildman–Crippen MR) is 69.5 cm³/mol. The number of hydrogen-bond donors (Lipinski definition) is 2. The van der Waals surface area contributed by atoms with Gasteiger partial charge in [0.15, 0.2) is 0 Å². The minimum Gasteiger partial charge on any atom is -0.373 e. The lowest BCUT2D eigenvalue weighted by atomic mass is 10.1. The molecule has 2 aliphatic heterocycles. The molecule has 2 rings (SSSR count). The van der Waals surface area contributed by atoms with Crippen LogP contribution in [0.25, 0.3) is 0 Å². The molecule has 2 saturated heterocycles. The Hall–Kier alpha value is -0.210. The number of morpholine rings is 1. The quantitative estimate of drug-likeness (QED) is 0.742. The molecule has 2 fully saturated rings. The van der Waals surface area contributed by atoms with Crippen LogP contribution >= 0.6 is 0 Å². The van der Waals surface area contributed by atoms with Crippen molar-refractivity contribution in [2.24, 2.45) is 0 Å². The van der Waals surface area contributed by atoms with Gasteiger partial charge in [-0.2, -0.15) is 17.4 Å². The van der Waals surface area contributed by atoms with E-state index < -0.39 is 10.2 Å². The van der Waals surface area contributed by atoms with Crippen molar-refractivity contribution in [3.63, 3.8) is 0 Å². The van der Waals surface area contributed by atoms with Gasteiger partial charge in [-0.3, -0.25) is 0 Å². The summed E-state index contributed by atoms with van der Waals surface area (Å²) in [5, 5.41) is 3.21. The van der Waals surface area contributed by atoms with Crippen LogP contribution in [0.5, 0.6) is 0 Å². The highest BCUT2D eigenvalue weighted by molar-refractivity contribution is 7.87. The molecular formula is C11H23N3O3S. The maximum atomic E-state index is 12.3. The van der Waals surface area contributed by atoms with Gasteiger partial charge in [0.1, 0.15) is 0 Å². The monoisotopic (exact) mass is 277 g/mol. The van der Waals surface area contributed by atoms with Crippen LogP contribution in [0.15, 0.2) is 0 Å². The average molecular weight is 277 g/mol. The van der Waals surface area contributed by atoms with Crippen molar-refractivity contribution in [3.05, 3.63) is 0 Å². The van der Waals surface area contributed by atoms with Crippen molar-refractivity contribution in [2.75, 3.05) is 26.2 Å². The van der Waals surface area contributed by atoms with E-state index in [9.17, 15) is 8.42 Å². The molecule has 106 valence electrons. The van der Waals surface area contributed by atoms with Gasteiger partial charge in [-0.25, -0.2) is 0 Å². The van der Waals surface area contributed by atoms with Gasteiger partial charge in [0.2, 0.25) is 0 Å². The Labute approximate surface area is 109 Å². The van der Waals surface area contributed by atoms with Gasteiger partial charge in [-0.15, -0.1) is 0 Å². The zero-order valence-electron chi connectivity index (χ0n) is 11.1. The number of hydrogen-bond acceptors (Lipinski definition) is 4. The van der Waals surface area contributed by atoms with Crippen molar-refractivity contribution in [2.45, 2.75) is 44.9 Å². The first-order valence-corrected chi connectivity index (χ1v) is 8.05. The van der Waals surface area contributed by atoms with Crippen molar-refractivity contribution < 1.29 is 13.2 Å². The van der Waals surface area contributed by atoms with E-state index in [2.05, 4.69) is 10.0 Å². The number of ether oxygens (including phenoxy) is 1. The Morgan fingerprint density at radius 2 is 1.94 bits per heavy atom. The Balaban J connectivity index is 1.96. The molecule has 0 aromatic carbocycles. The summed E-state index contributed by atoms with van der Waals surface area (Å²) in [6.07, 6.45) is 1.83. The van der Waals surface area contributed by atoms with Crippen LogP contribution in [0, 0.1) is 0 Å². The maximum Gasteiger partial charge on any atom is 0.279 e. The highest BCUT2D eigenvalue weighted by atomic mass is 32.2. The lowest BCUT2D eigenvalue weighted by Crippen LogP contribution is -2.55. The van der Waals surface area contributed by atoms with Gasteiger partial charge in [0, 0.05) is 25.7 Å². The molecule has 18 heavy (non-hydrogen) atoms. The second kappa shape index (κ2) is 5.83. The first-order chi connectivity index (χ1) is 8.47. The minimum atomic E-state index is -3.39. The standard InChI is InChI=1S/C11H23N3O3S/c1-9-7-14(8-10(2)17-9)18(15,16)13-11-4-3-5-12-6-11/h9-13H,3-8H2,1-2H3. The number of nitrogens with zero attached hydrogens (tertiary/aromatic N) is 1. The second-order valence-electron chi connectivity index (χ2n) is 5.24. The Kier molecular flexibility index (Phi) is 4.60. The maximum absolute atomic E-state index is 12.3. The third kappa shape index (κ3) is 3.64. The van der Waals surface area contributed by atoms with Gasteiger partial charge in [0.05, 0.1) is 12.2 Å². The van der Waals surface area contributed by atoms with Gasteiger partial charge in [0.25, 0.3) is 10.2 Å². The Morgan fingerprint density at radius 1 is 1.28 bits per heavy atom. The predicted octanol–water partition coefficient (Wildman–Crippen LogP) is -0.318. The number of piperidine rings is 1. The first kappa shape index (κ1) is 14.2. The van der Waals surface area contributed by atoms with E-state index in [1.165, 1.54) is 4.31 Å². The Bertz CT molecular complexity index is 358. The fourth-order valence-corrected chi connectivity index (χ4v) is 4.15. The Morgan fingerprint density at radius 3 is 2.50 bits per heavy atom. The first-order valence-electron chi connectivity index (χ1n) is 6.61.